The van der Waals surface area contributed by atoms with Gasteiger partial charge in [-0.1, -0.05) is 44.0 Å². The monoisotopic (exact) mass is 506 g/mol. The minimum Gasteiger partial charge on any atom is -0.472 e. The number of furan rings is 1. The Balaban J connectivity index is 0.000000730. The minimum atomic E-state index is -1.43. The van der Waals surface area contributed by atoms with Crippen molar-refractivity contribution in [1.29, 1.82) is 5.26 Å². The Morgan fingerprint density at radius 3 is 2.59 bits per heavy atom. The standard InChI is InChI=1S/C23H23FN6O3.C4H8/c24-20-13-29(11-16-1-3-17(4-2-16)18-5-10-33-14-18)9-7-23(20,6-8-25)30-12-19(21(26)32)22(28-30)27-15-31;1-4-2-3-4/h1-5,10,12,14-15,20H,6-7,9,11,13H2,(H2,26,32)(H,27,28,31);4H,2-3H2,1H3. The number of alkyl halides is 1. The van der Waals surface area contributed by atoms with Crippen LogP contribution >= 0.6 is 0 Å². The van der Waals surface area contributed by atoms with Gasteiger partial charge in [-0.05, 0) is 29.5 Å². The second kappa shape index (κ2) is 11.4. The maximum absolute atomic E-state index is 15.6. The van der Waals surface area contributed by atoms with Crippen LogP contribution in [0.1, 0.15) is 48.5 Å². The molecule has 10 heteroatoms. The summed E-state index contributed by atoms with van der Waals surface area (Å²) in [4.78, 5) is 24.6. The second-order valence-corrected chi connectivity index (χ2v) is 9.74. The number of nitrogens with one attached hydrogen (secondary N) is 1. The first kappa shape index (κ1) is 26.1. The molecule has 0 spiro atoms. The Bertz CT molecular complexity index is 1250. The molecule has 1 aliphatic heterocycles. The molecule has 2 fully saturated rings. The van der Waals surface area contributed by atoms with E-state index in [-0.39, 0.29) is 24.3 Å². The second-order valence-electron chi connectivity index (χ2n) is 9.74. The van der Waals surface area contributed by atoms with E-state index in [1.165, 1.54) is 23.7 Å². The van der Waals surface area contributed by atoms with Gasteiger partial charge in [0.2, 0.25) is 6.41 Å². The zero-order valence-corrected chi connectivity index (χ0v) is 20.8. The van der Waals surface area contributed by atoms with Gasteiger partial charge in [0.05, 0.1) is 25.0 Å². The molecule has 5 rings (SSSR count). The Morgan fingerprint density at radius 2 is 2.05 bits per heavy atom. The zero-order valence-electron chi connectivity index (χ0n) is 20.8. The lowest BCUT2D eigenvalue weighted by molar-refractivity contribution is -0.105. The Hall–Kier alpha value is -3.97. The molecule has 9 nitrogen and oxygen atoms in total. The number of piperidine rings is 1. The molecule has 1 saturated heterocycles. The number of benzene rings is 1. The number of halogens is 1. The Labute approximate surface area is 215 Å². The number of anilines is 1. The van der Waals surface area contributed by atoms with E-state index in [9.17, 15) is 14.9 Å². The first-order valence-electron chi connectivity index (χ1n) is 12.3. The molecule has 1 aromatic carbocycles. The maximum atomic E-state index is 15.6. The molecule has 2 amide bonds. The van der Waals surface area contributed by atoms with Crippen LogP contribution in [0.3, 0.4) is 0 Å². The summed E-state index contributed by atoms with van der Waals surface area (Å²) in [7, 11) is 0. The molecule has 3 aromatic rings. The smallest absolute Gasteiger partial charge is 0.254 e. The molecule has 3 heterocycles. The number of aromatic nitrogens is 2. The van der Waals surface area contributed by atoms with Crippen molar-refractivity contribution in [2.75, 3.05) is 18.4 Å². The lowest BCUT2D eigenvalue weighted by atomic mass is 9.83. The van der Waals surface area contributed by atoms with Gasteiger partial charge in [-0.25, -0.2) is 4.39 Å². The fraction of sp³-hybridized carbons (Fsp3) is 0.407. The van der Waals surface area contributed by atoms with Gasteiger partial charge in [0.1, 0.15) is 17.3 Å². The fourth-order valence-electron chi connectivity index (χ4n) is 4.42. The van der Waals surface area contributed by atoms with Gasteiger partial charge in [-0.2, -0.15) is 10.4 Å². The van der Waals surface area contributed by atoms with Crippen LogP contribution in [0.25, 0.3) is 11.1 Å². The van der Waals surface area contributed by atoms with E-state index in [4.69, 9.17) is 10.2 Å². The number of rotatable bonds is 8. The molecule has 2 aromatic heterocycles. The van der Waals surface area contributed by atoms with Crippen LogP contribution in [0.5, 0.6) is 0 Å². The maximum Gasteiger partial charge on any atom is 0.254 e. The number of amides is 2. The molecular formula is C27H31FN6O3. The lowest BCUT2D eigenvalue weighted by Gasteiger charge is -2.43. The van der Waals surface area contributed by atoms with E-state index in [0.717, 1.165) is 22.6 Å². The molecule has 3 N–H and O–H groups in total. The summed E-state index contributed by atoms with van der Waals surface area (Å²) >= 11 is 0. The van der Waals surface area contributed by atoms with Crippen molar-refractivity contribution >= 4 is 18.1 Å². The number of nitrogens with two attached hydrogens (primary N) is 1. The minimum absolute atomic E-state index is 0.0354. The lowest BCUT2D eigenvalue weighted by Crippen LogP contribution is -2.54. The number of hydrogen-bond acceptors (Lipinski definition) is 6. The van der Waals surface area contributed by atoms with Crippen molar-refractivity contribution in [2.24, 2.45) is 11.7 Å². The van der Waals surface area contributed by atoms with Gasteiger partial charge in [0, 0.05) is 31.4 Å². The van der Waals surface area contributed by atoms with Crippen LogP contribution in [-0.4, -0.2) is 46.3 Å². The number of carbonyl (C=O) groups is 2. The highest BCUT2D eigenvalue weighted by molar-refractivity contribution is 5.99. The first-order chi connectivity index (χ1) is 17.9. The highest BCUT2D eigenvalue weighted by atomic mass is 19.1. The molecule has 1 aliphatic carbocycles. The van der Waals surface area contributed by atoms with Crippen LogP contribution < -0.4 is 11.1 Å². The highest BCUT2D eigenvalue weighted by Gasteiger charge is 2.46. The van der Waals surface area contributed by atoms with E-state index in [1.807, 2.05) is 41.3 Å². The third-order valence-corrected chi connectivity index (χ3v) is 6.96. The van der Waals surface area contributed by atoms with Gasteiger partial charge in [-0.15, -0.1) is 0 Å². The number of likely N-dealkylation sites (tertiary alicyclic amines) is 1. The summed E-state index contributed by atoms with van der Waals surface area (Å²) in [5.74, 6) is 0.228. The summed E-state index contributed by atoms with van der Waals surface area (Å²) in [6, 6.07) is 11.9. The van der Waals surface area contributed by atoms with Crippen LogP contribution in [0, 0.1) is 17.2 Å². The number of nitrogens with zero attached hydrogens (tertiary/aromatic N) is 4. The van der Waals surface area contributed by atoms with E-state index in [0.29, 0.717) is 25.9 Å². The van der Waals surface area contributed by atoms with Gasteiger partial charge in [-0.3, -0.25) is 19.2 Å². The highest BCUT2D eigenvalue weighted by Crippen LogP contribution is 2.37. The average molecular weight is 507 g/mol. The summed E-state index contributed by atoms with van der Waals surface area (Å²) in [5, 5.41) is 15.9. The molecule has 2 atom stereocenters. The molecule has 2 aliphatic rings. The van der Waals surface area contributed by atoms with Crippen LogP contribution in [0.15, 0.2) is 53.5 Å². The van der Waals surface area contributed by atoms with Gasteiger partial charge in [0.15, 0.2) is 5.82 Å². The topological polar surface area (TPSA) is 130 Å². The summed E-state index contributed by atoms with van der Waals surface area (Å²) in [5.41, 5.74) is 7.13. The Kier molecular flexibility index (Phi) is 8.04. The number of hydrogen-bond donors (Lipinski definition) is 2. The molecule has 37 heavy (non-hydrogen) atoms. The third kappa shape index (κ3) is 6.06. The zero-order chi connectivity index (χ0) is 26.4. The van der Waals surface area contributed by atoms with E-state index >= 15 is 4.39 Å². The largest absolute Gasteiger partial charge is 0.472 e. The van der Waals surface area contributed by atoms with Crippen LogP contribution in [0.4, 0.5) is 10.2 Å². The van der Waals surface area contributed by atoms with Crippen LogP contribution in [-0.2, 0) is 16.9 Å². The van der Waals surface area contributed by atoms with Gasteiger partial charge < -0.3 is 15.5 Å². The number of nitriles is 1. The molecular weight excluding hydrogens is 475 g/mol. The van der Waals surface area contributed by atoms with Crippen molar-refractivity contribution < 1.29 is 18.4 Å². The Morgan fingerprint density at radius 1 is 1.32 bits per heavy atom. The third-order valence-electron chi connectivity index (χ3n) is 6.96. The van der Waals surface area contributed by atoms with E-state index in [2.05, 4.69) is 17.3 Å². The molecule has 0 bridgehead atoms. The molecule has 1 saturated carbocycles. The molecule has 2 unspecified atom stereocenters. The number of carbonyl (C=O) groups excluding carboxylic acids is 2. The first-order valence-corrected chi connectivity index (χ1v) is 12.3. The van der Waals surface area contributed by atoms with E-state index < -0.39 is 17.6 Å². The number of primary amides is 1. The summed E-state index contributed by atoms with van der Waals surface area (Å²) < 4.78 is 22.0. The van der Waals surface area contributed by atoms with Crippen LogP contribution in [0.2, 0.25) is 0 Å². The van der Waals surface area contributed by atoms with Crippen molar-refractivity contribution in [2.45, 2.75) is 50.9 Å². The van der Waals surface area contributed by atoms with Crippen molar-refractivity contribution in [3.05, 3.63) is 60.2 Å². The molecule has 0 radical (unpaired) electrons. The normalized spacial score (nSPS) is 21.4. The average Bonchev–Trinajstić information content (AvgIpc) is 3.32. The van der Waals surface area contributed by atoms with E-state index in [1.54, 1.807) is 12.5 Å². The van der Waals surface area contributed by atoms with Crippen molar-refractivity contribution in [3.8, 4) is 17.2 Å². The fourth-order valence-corrected chi connectivity index (χ4v) is 4.42. The summed E-state index contributed by atoms with van der Waals surface area (Å²) in [6.07, 6.45) is 6.68. The predicted octanol–water partition coefficient (Wildman–Crippen LogP) is 4.08. The molecule has 194 valence electrons. The SMILES string of the molecule is CC1CC1.N#CCC1(n2cc(C(N)=O)c(NC=O)n2)CCN(Cc2ccc(-c3ccoc3)cc2)CC1F. The van der Waals surface area contributed by atoms with Gasteiger partial charge >= 0.3 is 0 Å². The summed E-state index contributed by atoms with van der Waals surface area (Å²) in [6.45, 7) is 3.44. The quantitative estimate of drug-likeness (QED) is 0.443. The predicted molar refractivity (Wildman–Crippen MR) is 136 cm³/mol. The van der Waals surface area contributed by atoms with Crippen molar-refractivity contribution in [3.63, 3.8) is 0 Å². The van der Waals surface area contributed by atoms with Crippen molar-refractivity contribution in [1.82, 2.24) is 14.7 Å². The van der Waals surface area contributed by atoms with Gasteiger partial charge in [0.25, 0.3) is 5.91 Å².